The second-order valence-corrected chi connectivity index (χ2v) is 4.64. The normalized spacial score (nSPS) is 17.0. The molecule has 0 aliphatic heterocycles. The zero-order chi connectivity index (χ0) is 11.6. The maximum absolute atomic E-state index is 11.5. The summed E-state index contributed by atoms with van der Waals surface area (Å²) in [6, 6.07) is 0. The van der Waals surface area contributed by atoms with Crippen molar-refractivity contribution in [2.75, 3.05) is 0 Å². The average molecular weight is 224 g/mol. The Labute approximate surface area is 99.1 Å². The topological polar surface area (TPSA) is 26.3 Å². The maximum Gasteiger partial charge on any atom is 0.306 e. The van der Waals surface area contributed by atoms with Gasteiger partial charge in [0.25, 0.3) is 0 Å². The number of ether oxygens (including phenoxy) is 1. The van der Waals surface area contributed by atoms with Crippen molar-refractivity contribution in [3.05, 3.63) is 12.7 Å². The molecule has 0 aromatic rings. The highest BCUT2D eigenvalue weighted by Gasteiger charge is 2.16. The molecule has 1 aliphatic carbocycles. The molecule has 0 N–H and O–H groups in total. The van der Waals surface area contributed by atoms with E-state index in [4.69, 9.17) is 4.74 Å². The molecule has 2 heteroatoms. The van der Waals surface area contributed by atoms with Gasteiger partial charge < -0.3 is 4.74 Å². The van der Waals surface area contributed by atoms with Crippen molar-refractivity contribution in [1.82, 2.24) is 0 Å². The van der Waals surface area contributed by atoms with E-state index >= 15 is 0 Å². The van der Waals surface area contributed by atoms with Gasteiger partial charge in [-0.15, -0.1) is 6.58 Å². The minimum absolute atomic E-state index is 0.00510. The molecule has 0 unspecified atom stereocenters. The van der Waals surface area contributed by atoms with Crippen molar-refractivity contribution < 1.29 is 9.53 Å². The lowest BCUT2D eigenvalue weighted by Gasteiger charge is -2.21. The fourth-order valence-electron chi connectivity index (χ4n) is 2.16. The van der Waals surface area contributed by atoms with Gasteiger partial charge in [0.05, 0.1) is 0 Å². The summed E-state index contributed by atoms with van der Waals surface area (Å²) >= 11 is 0. The first-order valence-corrected chi connectivity index (χ1v) is 6.63. The Morgan fingerprint density at radius 1 is 1.19 bits per heavy atom. The summed E-state index contributed by atoms with van der Waals surface area (Å²) in [5, 5.41) is 0. The van der Waals surface area contributed by atoms with Gasteiger partial charge in [-0.05, 0) is 44.9 Å². The highest BCUT2D eigenvalue weighted by molar-refractivity contribution is 5.69. The largest absolute Gasteiger partial charge is 0.462 e. The predicted molar refractivity (Wildman–Crippen MR) is 66.2 cm³/mol. The first-order valence-electron chi connectivity index (χ1n) is 6.63. The van der Waals surface area contributed by atoms with Crippen LogP contribution in [0.4, 0.5) is 0 Å². The maximum atomic E-state index is 11.5. The van der Waals surface area contributed by atoms with E-state index < -0.39 is 0 Å². The van der Waals surface area contributed by atoms with E-state index in [-0.39, 0.29) is 12.1 Å². The van der Waals surface area contributed by atoms with E-state index in [9.17, 15) is 4.79 Å². The number of hydrogen-bond donors (Lipinski definition) is 0. The Morgan fingerprint density at radius 2 is 1.94 bits per heavy atom. The highest BCUT2D eigenvalue weighted by atomic mass is 16.5. The Hall–Kier alpha value is -0.790. The molecule has 1 fully saturated rings. The second-order valence-electron chi connectivity index (χ2n) is 4.64. The van der Waals surface area contributed by atoms with Crippen LogP contribution in [0.1, 0.15) is 64.2 Å². The fraction of sp³-hybridized carbons (Fsp3) is 0.786. The highest BCUT2D eigenvalue weighted by Crippen LogP contribution is 2.20. The monoisotopic (exact) mass is 224 g/mol. The number of carbonyl (C=O) groups excluding carboxylic acids is 1. The number of carbonyl (C=O) groups is 1. The first-order chi connectivity index (χ1) is 7.83. The second kappa shape index (κ2) is 8.37. The SMILES string of the molecule is C=CCCCCCC(=O)OC1CCCCC1. The molecule has 0 radical (unpaired) electrons. The average Bonchev–Trinajstić information content (AvgIpc) is 2.30. The molecule has 0 aromatic heterocycles. The van der Waals surface area contributed by atoms with Crippen LogP contribution in [0.3, 0.4) is 0 Å². The van der Waals surface area contributed by atoms with Gasteiger partial charge in [-0.1, -0.05) is 18.9 Å². The quantitative estimate of drug-likeness (QED) is 0.371. The number of esters is 1. The molecule has 0 heterocycles. The molecule has 0 amide bonds. The lowest BCUT2D eigenvalue weighted by Crippen LogP contribution is -2.20. The van der Waals surface area contributed by atoms with Crippen molar-refractivity contribution >= 4 is 5.97 Å². The molecule has 0 bridgehead atoms. The number of rotatable bonds is 7. The van der Waals surface area contributed by atoms with E-state index in [0.29, 0.717) is 6.42 Å². The molecule has 1 saturated carbocycles. The van der Waals surface area contributed by atoms with Crippen molar-refractivity contribution in [3.63, 3.8) is 0 Å². The van der Waals surface area contributed by atoms with E-state index in [1.54, 1.807) is 0 Å². The smallest absolute Gasteiger partial charge is 0.306 e. The van der Waals surface area contributed by atoms with Gasteiger partial charge in [0.15, 0.2) is 0 Å². The molecular formula is C14H24O2. The lowest BCUT2D eigenvalue weighted by molar-refractivity contribution is -0.150. The third-order valence-corrected chi connectivity index (χ3v) is 3.14. The molecule has 0 spiro atoms. The summed E-state index contributed by atoms with van der Waals surface area (Å²) in [5.74, 6) is 0.00510. The van der Waals surface area contributed by atoms with E-state index in [1.165, 1.54) is 19.3 Å². The van der Waals surface area contributed by atoms with Gasteiger partial charge in [-0.2, -0.15) is 0 Å². The van der Waals surface area contributed by atoms with Gasteiger partial charge in [-0.3, -0.25) is 4.79 Å². The van der Waals surface area contributed by atoms with Crippen LogP contribution in [0.2, 0.25) is 0 Å². The van der Waals surface area contributed by atoms with Crippen LogP contribution in [0.15, 0.2) is 12.7 Å². The Balaban J connectivity index is 1.99. The summed E-state index contributed by atoms with van der Waals surface area (Å²) in [6.45, 7) is 3.68. The first kappa shape index (κ1) is 13.3. The van der Waals surface area contributed by atoms with Gasteiger partial charge in [0.1, 0.15) is 6.10 Å². The van der Waals surface area contributed by atoms with Crippen LogP contribution in [0, 0.1) is 0 Å². The predicted octanol–water partition coefficient (Wildman–Crippen LogP) is 4.00. The molecule has 1 aliphatic rings. The number of unbranched alkanes of at least 4 members (excludes halogenated alkanes) is 3. The third kappa shape index (κ3) is 5.94. The molecule has 92 valence electrons. The molecule has 16 heavy (non-hydrogen) atoms. The third-order valence-electron chi connectivity index (χ3n) is 3.14. The van der Waals surface area contributed by atoms with Gasteiger partial charge in [0.2, 0.25) is 0 Å². The van der Waals surface area contributed by atoms with Crippen LogP contribution in [0.25, 0.3) is 0 Å². The number of hydrogen-bond acceptors (Lipinski definition) is 2. The summed E-state index contributed by atoms with van der Waals surface area (Å²) in [6.07, 6.45) is 12.9. The molecule has 2 nitrogen and oxygen atoms in total. The molecule has 0 atom stereocenters. The lowest BCUT2D eigenvalue weighted by atomic mass is 9.98. The van der Waals surface area contributed by atoms with Crippen molar-refractivity contribution in [1.29, 1.82) is 0 Å². The Kier molecular flexibility index (Phi) is 6.95. The van der Waals surface area contributed by atoms with Crippen LogP contribution >= 0.6 is 0 Å². The fourth-order valence-corrected chi connectivity index (χ4v) is 2.16. The van der Waals surface area contributed by atoms with Crippen molar-refractivity contribution in [3.8, 4) is 0 Å². The summed E-state index contributed by atoms with van der Waals surface area (Å²) in [4.78, 5) is 11.5. The van der Waals surface area contributed by atoms with Crippen LogP contribution in [0.5, 0.6) is 0 Å². The van der Waals surface area contributed by atoms with E-state index in [1.807, 2.05) is 6.08 Å². The number of allylic oxidation sites excluding steroid dienone is 1. The molecule has 0 aromatic carbocycles. The zero-order valence-electron chi connectivity index (χ0n) is 10.2. The van der Waals surface area contributed by atoms with Gasteiger partial charge >= 0.3 is 5.97 Å². The summed E-state index contributed by atoms with van der Waals surface area (Å²) in [7, 11) is 0. The van der Waals surface area contributed by atoms with Crippen LogP contribution in [-0.2, 0) is 9.53 Å². The van der Waals surface area contributed by atoms with Gasteiger partial charge in [-0.25, -0.2) is 0 Å². The van der Waals surface area contributed by atoms with Crippen LogP contribution in [-0.4, -0.2) is 12.1 Å². The van der Waals surface area contributed by atoms with Crippen molar-refractivity contribution in [2.24, 2.45) is 0 Å². The van der Waals surface area contributed by atoms with Gasteiger partial charge in [0, 0.05) is 6.42 Å². The summed E-state index contributed by atoms with van der Waals surface area (Å²) < 4.78 is 5.44. The van der Waals surface area contributed by atoms with E-state index in [2.05, 4.69) is 6.58 Å². The standard InChI is InChI=1S/C14H24O2/c1-2-3-4-5-9-12-14(15)16-13-10-7-6-8-11-13/h2,13H,1,3-12H2. The Morgan fingerprint density at radius 3 is 2.62 bits per heavy atom. The van der Waals surface area contributed by atoms with Crippen molar-refractivity contribution in [2.45, 2.75) is 70.3 Å². The molecule has 1 rings (SSSR count). The van der Waals surface area contributed by atoms with Crippen LogP contribution < -0.4 is 0 Å². The molecular weight excluding hydrogens is 200 g/mol. The summed E-state index contributed by atoms with van der Waals surface area (Å²) in [5.41, 5.74) is 0. The Bertz CT molecular complexity index is 205. The van der Waals surface area contributed by atoms with E-state index in [0.717, 1.165) is 38.5 Å². The minimum atomic E-state index is 0.00510. The zero-order valence-corrected chi connectivity index (χ0v) is 10.2. The minimum Gasteiger partial charge on any atom is -0.462 e. The molecule has 0 saturated heterocycles.